The predicted octanol–water partition coefficient (Wildman–Crippen LogP) is 3.97. The number of rotatable bonds is 4. The Hall–Kier alpha value is -2.47. The van der Waals surface area contributed by atoms with Gasteiger partial charge in [0.05, 0.1) is 11.3 Å². The van der Waals surface area contributed by atoms with Crippen molar-refractivity contribution in [2.24, 2.45) is 0 Å². The fourth-order valence-corrected chi connectivity index (χ4v) is 2.32. The first-order chi connectivity index (χ1) is 10.1. The predicted molar refractivity (Wildman–Crippen MR) is 84.0 cm³/mol. The van der Waals surface area contributed by atoms with Gasteiger partial charge in [-0.15, -0.1) is 6.42 Å². The third kappa shape index (κ3) is 2.85. The molecule has 2 rings (SSSR count). The second kappa shape index (κ2) is 6.32. The molecule has 1 aliphatic heterocycles. The molecule has 21 heavy (non-hydrogen) atoms. The number of likely N-dealkylation sites (N-methyl/N-ethyl adjacent to an activating group) is 1. The molecule has 0 saturated carbocycles. The lowest BCUT2D eigenvalue weighted by atomic mass is 10.0. The number of nitrogens with zero attached hydrogens (tertiary/aromatic N) is 1. The summed E-state index contributed by atoms with van der Waals surface area (Å²) in [6, 6.07) is 4.75. The molecule has 0 unspecified atom stereocenters. The van der Waals surface area contributed by atoms with Gasteiger partial charge in [0, 0.05) is 12.2 Å². The minimum atomic E-state index is -0.338. The average Bonchev–Trinajstić information content (AvgIpc) is 2.48. The van der Waals surface area contributed by atoms with Crippen LogP contribution < -0.4 is 4.74 Å². The van der Waals surface area contributed by atoms with Crippen molar-refractivity contribution in [3.8, 4) is 18.1 Å². The van der Waals surface area contributed by atoms with Crippen LogP contribution in [0.4, 0.5) is 4.39 Å². The van der Waals surface area contributed by atoms with E-state index < -0.39 is 0 Å². The fraction of sp³-hybridized carbons (Fsp3) is 0.222. The number of hydrogen-bond donors (Lipinski definition) is 0. The van der Waals surface area contributed by atoms with Crippen LogP contribution in [0, 0.1) is 18.2 Å². The molecular weight excluding hydrogens is 265 g/mol. The van der Waals surface area contributed by atoms with Crippen LogP contribution in [0.15, 0.2) is 48.2 Å². The van der Waals surface area contributed by atoms with Gasteiger partial charge in [0.2, 0.25) is 0 Å². The van der Waals surface area contributed by atoms with Crippen LogP contribution in [0.3, 0.4) is 0 Å². The van der Waals surface area contributed by atoms with E-state index in [2.05, 4.69) is 12.5 Å². The molecule has 108 valence electrons. The van der Waals surface area contributed by atoms with Crippen molar-refractivity contribution in [3.63, 3.8) is 0 Å². The van der Waals surface area contributed by atoms with Gasteiger partial charge >= 0.3 is 0 Å². The first kappa shape index (κ1) is 14.9. The Bertz CT molecular complexity index is 664. The Labute approximate surface area is 125 Å². The molecule has 0 saturated heterocycles. The van der Waals surface area contributed by atoms with Gasteiger partial charge in [-0.2, -0.15) is 0 Å². The minimum Gasteiger partial charge on any atom is -0.480 e. The molecule has 1 heterocycles. The summed E-state index contributed by atoms with van der Waals surface area (Å²) >= 11 is 0. The maximum Gasteiger partial charge on any atom is 0.148 e. The monoisotopic (exact) mass is 283 g/mol. The Balaban J connectivity index is 2.55. The molecule has 3 heteroatoms. The number of hydrogen-bond acceptors (Lipinski definition) is 2. The van der Waals surface area contributed by atoms with Gasteiger partial charge in [-0.25, -0.2) is 4.39 Å². The molecule has 0 bridgehead atoms. The molecule has 0 radical (unpaired) electrons. The highest BCUT2D eigenvalue weighted by Gasteiger charge is 2.23. The van der Waals surface area contributed by atoms with Crippen molar-refractivity contribution in [2.75, 3.05) is 13.2 Å². The molecule has 1 aromatic carbocycles. The van der Waals surface area contributed by atoms with Gasteiger partial charge in [0.15, 0.2) is 0 Å². The van der Waals surface area contributed by atoms with E-state index in [9.17, 15) is 4.39 Å². The Morgan fingerprint density at radius 2 is 2.14 bits per heavy atom. The topological polar surface area (TPSA) is 12.5 Å². The number of allylic oxidation sites excluding steroid dienone is 3. The van der Waals surface area contributed by atoms with Crippen molar-refractivity contribution in [2.45, 2.75) is 13.8 Å². The zero-order valence-electron chi connectivity index (χ0n) is 12.3. The zero-order chi connectivity index (χ0) is 15.4. The Kier molecular flexibility index (Phi) is 4.49. The maximum atomic E-state index is 14.3. The molecule has 1 aromatic rings. The van der Waals surface area contributed by atoms with Crippen LogP contribution >= 0.6 is 0 Å². The lowest BCUT2D eigenvalue weighted by molar-refractivity contribution is 0.364. The summed E-state index contributed by atoms with van der Waals surface area (Å²) < 4.78 is 19.8. The van der Waals surface area contributed by atoms with Gasteiger partial charge in [-0.3, -0.25) is 0 Å². The minimum absolute atomic E-state index is 0.103. The molecule has 0 fully saturated rings. The summed E-state index contributed by atoms with van der Waals surface area (Å²) in [4.78, 5) is 1.97. The fourth-order valence-electron chi connectivity index (χ4n) is 2.32. The van der Waals surface area contributed by atoms with E-state index >= 15 is 0 Å². The smallest absolute Gasteiger partial charge is 0.148 e. The number of halogens is 1. The third-order valence-corrected chi connectivity index (χ3v) is 3.42. The standard InChI is InChI=1S/C18H18FNO/c1-5-12-21-17-9-7-8-15(19)18(17)16-11-10-13(3)14(4)20(16)6-2/h1,7-11H,4,6,12H2,2-3H3. The highest BCUT2D eigenvalue weighted by atomic mass is 19.1. The molecule has 0 N–H and O–H groups in total. The highest BCUT2D eigenvalue weighted by Crippen LogP contribution is 2.36. The third-order valence-electron chi connectivity index (χ3n) is 3.42. The van der Waals surface area contributed by atoms with E-state index in [0.717, 1.165) is 17.0 Å². The molecule has 0 amide bonds. The van der Waals surface area contributed by atoms with Crippen LogP contribution in [-0.4, -0.2) is 18.1 Å². The summed E-state index contributed by atoms with van der Waals surface area (Å²) in [5, 5.41) is 0. The quantitative estimate of drug-likeness (QED) is 0.775. The SMILES string of the molecule is C#CCOc1cccc(F)c1C1=CC=C(C)C(=C)N1CC. The van der Waals surface area contributed by atoms with Crippen molar-refractivity contribution < 1.29 is 9.13 Å². The molecule has 0 atom stereocenters. The van der Waals surface area contributed by atoms with Crippen LogP contribution in [0.25, 0.3) is 5.70 Å². The normalized spacial score (nSPS) is 14.4. The first-order valence-electron chi connectivity index (χ1n) is 6.80. The molecule has 0 aromatic heterocycles. The van der Waals surface area contributed by atoms with Crippen LogP contribution in [0.1, 0.15) is 19.4 Å². The first-order valence-corrected chi connectivity index (χ1v) is 6.80. The second-order valence-corrected chi connectivity index (χ2v) is 4.70. The summed E-state index contributed by atoms with van der Waals surface area (Å²) in [5.74, 6) is 2.50. The van der Waals surface area contributed by atoms with E-state index in [1.165, 1.54) is 6.07 Å². The lowest BCUT2D eigenvalue weighted by Gasteiger charge is -2.32. The summed E-state index contributed by atoms with van der Waals surface area (Å²) in [6.07, 6.45) is 9.03. The van der Waals surface area contributed by atoms with Crippen LogP contribution in [0.2, 0.25) is 0 Å². The van der Waals surface area contributed by atoms with Gasteiger partial charge in [0.25, 0.3) is 0 Å². The molecular formula is C18H18FNO. The highest BCUT2D eigenvalue weighted by molar-refractivity contribution is 5.74. The van der Waals surface area contributed by atoms with Gasteiger partial charge in [0.1, 0.15) is 18.2 Å². The van der Waals surface area contributed by atoms with Crippen molar-refractivity contribution in [3.05, 3.63) is 59.6 Å². The summed E-state index contributed by atoms with van der Waals surface area (Å²) in [7, 11) is 0. The maximum absolute atomic E-state index is 14.3. The Morgan fingerprint density at radius 1 is 1.38 bits per heavy atom. The van der Waals surface area contributed by atoms with Crippen LogP contribution in [-0.2, 0) is 0 Å². The van der Waals surface area contributed by atoms with E-state index in [-0.39, 0.29) is 12.4 Å². The van der Waals surface area contributed by atoms with E-state index in [1.54, 1.807) is 12.1 Å². The second-order valence-electron chi connectivity index (χ2n) is 4.70. The summed E-state index contributed by atoms with van der Waals surface area (Å²) in [5.41, 5.74) is 3.07. The molecule has 0 spiro atoms. The lowest BCUT2D eigenvalue weighted by Crippen LogP contribution is -2.24. The van der Waals surface area contributed by atoms with Gasteiger partial charge < -0.3 is 9.64 Å². The Morgan fingerprint density at radius 3 is 2.81 bits per heavy atom. The van der Waals surface area contributed by atoms with Gasteiger partial charge in [-0.05, 0) is 37.6 Å². The largest absolute Gasteiger partial charge is 0.480 e. The number of terminal acetylenes is 1. The van der Waals surface area contributed by atoms with Crippen LogP contribution in [0.5, 0.6) is 5.75 Å². The molecule has 2 nitrogen and oxygen atoms in total. The van der Waals surface area contributed by atoms with E-state index in [0.29, 0.717) is 17.9 Å². The summed E-state index contributed by atoms with van der Waals surface area (Å²) in [6.45, 7) is 8.84. The number of benzene rings is 1. The van der Waals surface area contributed by atoms with Crippen molar-refractivity contribution in [1.82, 2.24) is 4.90 Å². The zero-order valence-corrected chi connectivity index (χ0v) is 12.3. The average molecular weight is 283 g/mol. The van der Waals surface area contributed by atoms with Gasteiger partial charge in [-0.1, -0.05) is 24.6 Å². The molecule has 1 aliphatic rings. The van der Waals surface area contributed by atoms with E-state index in [1.807, 2.05) is 30.9 Å². The molecule has 0 aliphatic carbocycles. The van der Waals surface area contributed by atoms with Crippen molar-refractivity contribution in [1.29, 1.82) is 0 Å². The van der Waals surface area contributed by atoms with Crippen molar-refractivity contribution >= 4 is 5.70 Å². The number of ether oxygens (including phenoxy) is 1. The van der Waals surface area contributed by atoms with E-state index in [4.69, 9.17) is 11.2 Å².